The maximum atomic E-state index is 11.6. The van der Waals surface area contributed by atoms with Gasteiger partial charge in [-0.15, -0.1) is 0 Å². The van der Waals surface area contributed by atoms with Gasteiger partial charge in [0.25, 0.3) is 0 Å². The first-order valence-corrected chi connectivity index (χ1v) is 7.07. The second-order valence-corrected chi connectivity index (χ2v) is 5.75. The molecule has 0 saturated heterocycles. The molecule has 0 unspecified atom stereocenters. The maximum Gasteiger partial charge on any atom is 0.306 e. The number of anilines is 1. The Labute approximate surface area is 108 Å². The number of aromatic nitrogens is 1. The third-order valence-corrected chi connectivity index (χ3v) is 3.48. The topological polar surface area (TPSA) is 85.4 Å². The number of halogens is 1. The van der Waals surface area contributed by atoms with Crippen molar-refractivity contribution in [2.45, 2.75) is 6.42 Å². The van der Waals surface area contributed by atoms with Gasteiger partial charge in [-0.05, 0) is 28.1 Å². The zero-order chi connectivity index (χ0) is 12.9. The minimum Gasteiger partial charge on any atom is -0.469 e. The van der Waals surface area contributed by atoms with E-state index >= 15 is 0 Å². The normalized spacial score (nSPS) is 10.9. The van der Waals surface area contributed by atoms with Crippen LogP contribution in [0.25, 0.3) is 0 Å². The van der Waals surface area contributed by atoms with Crippen molar-refractivity contribution in [1.82, 2.24) is 4.98 Å². The molecule has 6 nitrogen and oxygen atoms in total. The number of nitrogens with zero attached hydrogens (tertiary/aromatic N) is 1. The number of methoxy groups -OCH3 is 1. The molecule has 0 aliphatic rings. The number of pyridine rings is 1. The van der Waals surface area contributed by atoms with Crippen LogP contribution < -0.4 is 4.72 Å². The average Bonchev–Trinajstić information content (AvgIpc) is 2.25. The van der Waals surface area contributed by atoms with Gasteiger partial charge in [-0.3, -0.25) is 9.52 Å². The van der Waals surface area contributed by atoms with Gasteiger partial charge < -0.3 is 4.74 Å². The van der Waals surface area contributed by atoms with Crippen molar-refractivity contribution in [3.63, 3.8) is 0 Å². The molecule has 0 atom stereocenters. The highest BCUT2D eigenvalue weighted by atomic mass is 79.9. The van der Waals surface area contributed by atoms with E-state index in [-0.39, 0.29) is 18.0 Å². The van der Waals surface area contributed by atoms with E-state index in [1.54, 1.807) is 12.1 Å². The lowest BCUT2D eigenvalue weighted by Gasteiger charge is -2.06. The predicted molar refractivity (Wildman–Crippen MR) is 66.0 cm³/mol. The number of carbonyl (C=O) groups is 1. The molecule has 0 fully saturated rings. The van der Waals surface area contributed by atoms with Crippen LogP contribution in [0.2, 0.25) is 0 Å². The van der Waals surface area contributed by atoms with Crippen molar-refractivity contribution in [3.05, 3.63) is 22.8 Å². The minimum absolute atomic E-state index is 0.195. The van der Waals surface area contributed by atoms with Gasteiger partial charge in [0.1, 0.15) is 10.4 Å². The fourth-order valence-corrected chi connectivity index (χ4v) is 2.31. The van der Waals surface area contributed by atoms with Crippen LogP contribution in [0.4, 0.5) is 5.82 Å². The molecule has 8 heteroatoms. The van der Waals surface area contributed by atoms with Gasteiger partial charge in [0.2, 0.25) is 10.0 Å². The molecule has 0 aliphatic heterocycles. The lowest BCUT2D eigenvalue weighted by atomic mass is 10.5. The van der Waals surface area contributed by atoms with Crippen molar-refractivity contribution in [2.24, 2.45) is 0 Å². The zero-order valence-corrected chi connectivity index (χ0v) is 11.4. The number of rotatable bonds is 5. The van der Waals surface area contributed by atoms with Gasteiger partial charge in [-0.2, -0.15) is 0 Å². The van der Waals surface area contributed by atoms with Crippen LogP contribution >= 0.6 is 15.9 Å². The summed E-state index contributed by atoms with van der Waals surface area (Å²) in [7, 11) is -2.38. The molecule has 1 aromatic rings. The first kappa shape index (κ1) is 13.9. The Hall–Kier alpha value is -1.15. The van der Waals surface area contributed by atoms with Crippen LogP contribution in [0.3, 0.4) is 0 Å². The molecule has 1 N–H and O–H groups in total. The fourth-order valence-electron chi connectivity index (χ4n) is 0.995. The van der Waals surface area contributed by atoms with Gasteiger partial charge in [0.05, 0.1) is 19.3 Å². The number of nitrogens with one attached hydrogen (secondary N) is 1. The largest absolute Gasteiger partial charge is 0.469 e. The zero-order valence-electron chi connectivity index (χ0n) is 9.01. The molecule has 1 aromatic heterocycles. The molecule has 94 valence electrons. The van der Waals surface area contributed by atoms with Crippen molar-refractivity contribution in [1.29, 1.82) is 0 Å². The highest BCUT2D eigenvalue weighted by Gasteiger charge is 2.14. The summed E-state index contributed by atoms with van der Waals surface area (Å²) < 4.78 is 30.3. The second-order valence-electron chi connectivity index (χ2n) is 3.09. The van der Waals surface area contributed by atoms with E-state index in [0.29, 0.717) is 4.60 Å². The van der Waals surface area contributed by atoms with E-state index in [0.717, 1.165) is 0 Å². The van der Waals surface area contributed by atoms with E-state index in [1.807, 2.05) is 0 Å². The van der Waals surface area contributed by atoms with Crippen LogP contribution in [0.1, 0.15) is 6.42 Å². The van der Waals surface area contributed by atoms with E-state index in [4.69, 9.17) is 0 Å². The summed E-state index contributed by atoms with van der Waals surface area (Å²) in [6.07, 6.45) is -0.195. The molecule has 17 heavy (non-hydrogen) atoms. The average molecular weight is 323 g/mol. The minimum atomic E-state index is -3.59. The first-order chi connectivity index (χ1) is 7.93. The van der Waals surface area contributed by atoms with Crippen LogP contribution in [0, 0.1) is 0 Å². The fraction of sp³-hybridized carbons (Fsp3) is 0.333. The third-order valence-electron chi connectivity index (χ3n) is 1.78. The number of sulfonamides is 1. The molecule has 0 bridgehead atoms. The number of ether oxygens (including phenoxy) is 1. The Kier molecular flexibility index (Phi) is 4.88. The monoisotopic (exact) mass is 322 g/mol. The SMILES string of the molecule is COC(=O)CCS(=O)(=O)Nc1cccc(Br)n1. The van der Waals surface area contributed by atoms with Gasteiger partial charge >= 0.3 is 5.97 Å². The summed E-state index contributed by atoms with van der Waals surface area (Å²) in [5.74, 6) is -0.713. The number of hydrogen-bond acceptors (Lipinski definition) is 5. The summed E-state index contributed by atoms with van der Waals surface area (Å²) in [6.45, 7) is 0. The molecule has 0 aromatic carbocycles. The van der Waals surface area contributed by atoms with Crippen molar-refractivity contribution < 1.29 is 17.9 Å². The lowest BCUT2D eigenvalue weighted by molar-refractivity contribution is -0.140. The van der Waals surface area contributed by atoms with Gasteiger partial charge in [0.15, 0.2) is 0 Å². The smallest absolute Gasteiger partial charge is 0.306 e. The Morgan fingerprint density at radius 2 is 2.24 bits per heavy atom. The maximum absolute atomic E-state index is 11.6. The Bertz CT molecular complexity index is 503. The van der Waals surface area contributed by atoms with Gasteiger partial charge in [-0.1, -0.05) is 6.07 Å². The van der Waals surface area contributed by atoms with E-state index < -0.39 is 16.0 Å². The lowest BCUT2D eigenvalue weighted by Crippen LogP contribution is -2.20. The number of carbonyl (C=O) groups excluding carboxylic acids is 1. The molecule has 0 spiro atoms. The van der Waals surface area contributed by atoms with Gasteiger partial charge in [-0.25, -0.2) is 13.4 Å². The van der Waals surface area contributed by atoms with Crippen molar-refractivity contribution in [3.8, 4) is 0 Å². The number of hydrogen-bond donors (Lipinski definition) is 1. The quantitative estimate of drug-likeness (QED) is 0.649. The van der Waals surface area contributed by atoms with E-state index in [1.165, 1.54) is 13.2 Å². The Morgan fingerprint density at radius 3 is 2.82 bits per heavy atom. The molecular weight excluding hydrogens is 312 g/mol. The summed E-state index contributed by atoms with van der Waals surface area (Å²) in [6, 6.07) is 4.84. The van der Waals surface area contributed by atoms with Crippen LogP contribution in [0.5, 0.6) is 0 Å². The molecule has 1 rings (SSSR count). The standard InChI is InChI=1S/C9H11BrN2O4S/c1-16-9(13)5-6-17(14,15)12-8-4-2-3-7(10)11-8/h2-4H,5-6H2,1H3,(H,11,12). The molecular formula is C9H11BrN2O4S. The van der Waals surface area contributed by atoms with Gasteiger partial charge in [0, 0.05) is 0 Å². The van der Waals surface area contributed by atoms with Crippen molar-refractivity contribution >= 4 is 37.7 Å². The van der Waals surface area contributed by atoms with Crippen LogP contribution in [-0.4, -0.2) is 32.2 Å². The van der Waals surface area contributed by atoms with E-state index in [9.17, 15) is 13.2 Å². The highest BCUT2D eigenvalue weighted by Crippen LogP contribution is 2.11. The molecule has 0 aliphatic carbocycles. The summed E-state index contributed by atoms with van der Waals surface area (Å²) in [5.41, 5.74) is 0. The molecule has 1 heterocycles. The number of esters is 1. The summed E-state index contributed by atoms with van der Waals surface area (Å²) >= 11 is 3.12. The highest BCUT2D eigenvalue weighted by molar-refractivity contribution is 9.10. The Morgan fingerprint density at radius 1 is 1.53 bits per heavy atom. The molecule has 0 amide bonds. The third kappa shape index (κ3) is 5.14. The van der Waals surface area contributed by atoms with E-state index in [2.05, 4.69) is 30.4 Å². The molecule has 0 saturated carbocycles. The van der Waals surface area contributed by atoms with Crippen LogP contribution in [-0.2, 0) is 19.6 Å². The second kappa shape index (κ2) is 5.97. The molecule has 0 radical (unpaired) electrons. The summed E-state index contributed by atoms with van der Waals surface area (Å²) in [5, 5.41) is 0. The van der Waals surface area contributed by atoms with Crippen molar-refractivity contribution in [2.75, 3.05) is 17.6 Å². The first-order valence-electron chi connectivity index (χ1n) is 4.63. The van der Waals surface area contributed by atoms with Crippen LogP contribution in [0.15, 0.2) is 22.8 Å². The predicted octanol–water partition coefficient (Wildman–Crippen LogP) is 1.15. The Balaban J connectivity index is 2.64. The summed E-state index contributed by atoms with van der Waals surface area (Å²) in [4.78, 5) is 14.7.